The molecule has 2 rings (SSSR count). The van der Waals surface area contributed by atoms with E-state index in [1.54, 1.807) is 12.1 Å². The number of phenols is 1. The number of benzene rings is 1. The lowest BCUT2D eigenvalue weighted by molar-refractivity contribution is 0.163. The SMILES string of the molecule is NCCCC(O)Cc1c[nH]c2cccc(O)c12. The molecule has 1 heterocycles. The summed E-state index contributed by atoms with van der Waals surface area (Å²) in [6, 6.07) is 5.36. The molecule has 0 aliphatic carbocycles. The minimum Gasteiger partial charge on any atom is -0.507 e. The second-order valence-corrected chi connectivity index (χ2v) is 4.30. The Hall–Kier alpha value is -1.52. The molecule has 1 atom stereocenters. The summed E-state index contributed by atoms with van der Waals surface area (Å²) < 4.78 is 0. The average Bonchev–Trinajstić information content (AvgIpc) is 2.71. The number of aliphatic hydroxyl groups excluding tert-OH is 1. The van der Waals surface area contributed by atoms with Crippen molar-refractivity contribution in [2.24, 2.45) is 5.73 Å². The lowest BCUT2D eigenvalue weighted by Crippen LogP contribution is -2.12. The summed E-state index contributed by atoms with van der Waals surface area (Å²) in [5, 5.41) is 20.5. The number of rotatable bonds is 5. The van der Waals surface area contributed by atoms with Crippen LogP contribution in [0.1, 0.15) is 18.4 Å². The van der Waals surface area contributed by atoms with E-state index in [1.807, 2.05) is 12.3 Å². The summed E-state index contributed by atoms with van der Waals surface area (Å²) in [7, 11) is 0. The van der Waals surface area contributed by atoms with Crippen molar-refractivity contribution in [3.63, 3.8) is 0 Å². The maximum absolute atomic E-state index is 9.85. The highest BCUT2D eigenvalue weighted by Gasteiger charge is 2.11. The lowest BCUT2D eigenvalue weighted by Gasteiger charge is -2.09. The number of aromatic hydroxyl groups is 1. The topological polar surface area (TPSA) is 82.3 Å². The number of nitrogens with two attached hydrogens (primary N) is 1. The Morgan fingerprint density at radius 1 is 1.35 bits per heavy atom. The van der Waals surface area contributed by atoms with E-state index in [-0.39, 0.29) is 5.75 Å². The highest BCUT2D eigenvalue weighted by Crippen LogP contribution is 2.28. The Morgan fingerprint density at radius 3 is 2.94 bits per heavy atom. The van der Waals surface area contributed by atoms with Gasteiger partial charge in [0.2, 0.25) is 0 Å². The maximum atomic E-state index is 9.85. The molecule has 0 saturated carbocycles. The van der Waals surface area contributed by atoms with E-state index in [0.29, 0.717) is 19.4 Å². The second-order valence-electron chi connectivity index (χ2n) is 4.30. The fourth-order valence-corrected chi connectivity index (χ4v) is 2.11. The fourth-order valence-electron chi connectivity index (χ4n) is 2.11. The van der Waals surface area contributed by atoms with Crippen LogP contribution in [0.25, 0.3) is 10.9 Å². The summed E-state index contributed by atoms with van der Waals surface area (Å²) in [5.41, 5.74) is 7.25. The minimum absolute atomic E-state index is 0.254. The molecule has 17 heavy (non-hydrogen) atoms. The van der Waals surface area contributed by atoms with E-state index in [2.05, 4.69) is 4.98 Å². The Bertz CT molecular complexity index is 493. The fraction of sp³-hybridized carbons (Fsp3) is 0.385. The highest BCUT2D eigenvalue weighted by atomic mass is 16.3. The molecule has 0 amide bonds. The van der Waals surface area contributed by atoms with Crippen LogP contribution in [0.5, 0.6) is 5.75 Å². The third kappa shape index (κ3) is 2.60. The molecule has 2 aromatic rings. The first-order valence-corrected chi connectivity index (χ1v) is 5.88. The number of fused-ring (bicyclic) bond motifs is 1. The van der Waals surface area contributed by atoms with Gasteiger partial charge in [0.05, 0.1) is 6.10 Å². The quantitative estimate of drug-likeness (QED) is 0.633. The van der Waals surface area contributed by atoms with Crippen LogP contribution in [0.15, 0.2) is 24.4 Å². The zero-order valence-electron chi connectivity index (χ0n) is 9.69. The van der Waals surface area contributed by atoms with Crippen molar-refractivity contribution >= 4 is 10.9 Å². The van der Waals surface area contributed by atoms with Gasteiger partial charge in [-0.3, -0.25) is 0 Å². The average molecular weight is 234 g/mol. The van der Waals surface area contributed by atoms with Crippen molar-refractivity contribution in [1.82, 2.24) is 4.98 Å². The van der Waals surface area contributed by atoms with Crippen LogP contribution in [0.2, 0.25) is 0 Å². The molecule has 4 nitrogen and oxygen atoms in total. The van der Waals surface area contributed by atoms with Crippen LogP contribution in [-0.2, 0) is 6.42 Å². The Kier molecular flexibility index (Phi) is 3.66. The highest BCUT2D eigenvalue weighted by molar-refractivity contribution is 5.89. The third-order valence-corrected chi connectivity index (χ3v) is 2.96. The summed E-state index contributed by atoms with van der Waals surface area (Å²) in [4.78, 5) is 3.09. The predicted octanol–water partition coefficient (Wildman–Crippen LogP) is 1.52. The zero-order chi connectivity index (χ0) is 12.3. The molecule has 4 heteroatoms. The van der Waals surface area contributed by atoms with Gasteiger partial charge >= 0.3 is 0 Å². The summed E-state index contributed by atoms with van der Waals surface area (Å²) in [6.45, 7) is 0.593. The molecular formula is C13H18N2O2. The molecule has 0 saturated heterocycles. The molecule has 0 fully saturated rings. The maximum Gasteiger partial charge on any atom is 0.125 e. The van der Waals surface area contributed by atoms with Gasteiger partial charge in [-0.05, 0) is 37.1 Å². The molecule has 0 aliphatic rings. The largest absolute Gasteiger partial charge is 0.507 e. The Balaban J connectivity index is 2.18. The van der Waals surface area contributed by atoms with Gasteiger partial charge in [-0.15, -0.1) is 0 Å². The first-order valence-electron chi connectivity index (χ1n) is 5.88. The normalized spacial score (nSPS) is 13.1. The summed E-state index contributed by atoms with van der Waals surface area (Å²) >= 11 is 0. The molecule has 0 spiro atoms. The molecule has 1 aromatic carbocycles. The zero-order valence-corrected chi connectivity index (χ0v) is 9.69. The number of phenolic OH excluding ortho intramolecular Hbond substituents is 1. The standard InChI is InChI=1S/C13H18N2O2/c14-6-2-3-10(16)7-9-8-15-11-4-1-5-12(17)13(9)11/h1,4-5,8,10,15-17H,2-3,6-7,14H2. The third-order valence-electron chi connectivity index (χ3n) is 2.96. The first kappa shape index (κ1) is 12.0. The molecule has 0 aliphatic heterocycles. The van der Waals surface area contributed by atoms with Crippen molar-refractivity contribution in [1.29, 1.82) is 0 Å². The molecule has 0 bridgehead atoms. The van der Waals surface area contributed by atoms with E-state index >= 15 is 0 Å². The molecule has 92 valence electrons. The number of H-pyrrole nitrogens is 1. The monoisotopic (exact) mass is 234 g/mol. The number of nitrogens with one attached hydrogen (secondary N) is 1. The Morgan fingerprint density at radius 2 is 2.18 bits per heavy atom. The van der Waals surface area contributed by atoms with Gasteiger partial charge in [-0.1, -0.05) is 6.07 Å². The van der Waals surface area contributed by atoms with E-state index in [4.69, 9.17) is 5.73 Å². The smallest absolute Gasteiger partial charge is 0.125 e. The lowest BCUT2D eigenvalue weighted by atomic mass is 10.0. The van der Waals surface area contributed by atoms with Crippen molar-refractivity contribution in [3.05, 3.63) is 30.0 Å². The number of aromatic amines is 1. The first-order chi connectivity index (χ1) is 8.22. The van der Waals surface area contributed by atoms with Crippen LogP contribution < -0.4 is 5.73 Å². The van der Waals surface area contributed by atoms with E-state index in [1.165, 1.54) is 0 Å². The number of aliphatic hydroxyl groups is 1. The van der Waals surface area contributed by atoms with Crippen molar-refractivity contribution in [2.75, 3.05) is 6.54 Å². The van der Waals surface area contributed by atoms with Crippen LogP contribution in [0.4, 0.5) is 0 Å². The second kappa shape index (κ2) is 5.21. The number of aromatic nitrogens is 1. The van der Waals surface area contributed by atoms with Crippen LogP contribution in [0.3, 0.4) is 0 Å². The molecule has 1 unspecified atom stereocenters. The van der Waals surface area contributed by atoms with Crippen molar-refractivity contribution in [2.45, 2.75) is 25.4 Å². The summed E-state index contributed by atoms with van der Waals surface area (Å²) in [6.07, 6.45) is 3.48. The van der Waals surface area contributed by atoms with Gasteiger partial charge in [0.25, 0.3) is 0 Å². The van der Waals surface area contributed by atoms with Gasteiger partial charge in [0.15, 0.2) is 0 Å². The van der Waals surface area contributed by atoms with Crippen molar-refractivity contribution < 1.29 is 10.2 Å². The molecule has 5 N–H and O–H groups in total. The van der Waals surface area contributed by atoms with Gasteiger partial charge < -0.3 is 20.9 Å². The molecular weight excluding hydrogens is 216 g/mol. The van der Waals surface area contributed by atoms with Crippen molar-refractivity contribution in [3.8, 4) is 5.75 Å². The van der Waals surface area contributed by atoms with Gasteiger partial charge in [-0.25, -0.2) is 0 Å². The van der Waals surface area contributed by atoms with Gasteiger partial charge in [0, 0.05) is 23.5 Å². The predicted molar refractivity (Wildman–Crippen MR) is 68.0 cm³/mol. The van der Waals surface area contributed by atoms with Crippen LogP contribution in [0, 0.1) is 0 Å². The van der Waals surface area contributed by atoms with E-state index in [0.717, 1.165) is 22.9 Å². The number of hydrogen-bond acceptors (Lipinski definition) is 3. The summed E-state index contributed by atoms with van der Waals surface area (Å²) in [5.74, 6) is 0.254. The minimum atomic E-state index is -0.405. The van der Waals surface area contributed by atoms with Crippen LogP contribution >= 0.6 is 0 Å². The van der Waals surface area contributed by atoms with Gasteiger partial charge in [-0.2, -0.15) is 0 Å². The van der Waals surface area contributed by atoms with E-state index < -0.39 is 6.10 Å². The molecule has 0 radical (unpaired) electrons. The van der Waals surface area contributed by atoms with Crippen LogP contribution in [-0.4, -0.2) is 27.8 Å². The number of hydrogen-bond donors (Lipinski definition) is 4. The molecule has 1 aromatic heterocycles. The Labute approximate surface area is 100 Å². The van der Waals surface area contributed by atoms with E-state index in [9.17, 15) is 10.2 Å². The van der Waals surface area contributed by atoms with Gasteiger partial charge in [0.1, 0.15) is 5.75 Å².